The zero-order valence-electron chi connectivity index (χ0n) is 5.92. The summed E-state index contributed by atoms with van der Waals surface area (Å²) in [5.74, 6) is 0.304. The highest BCUT2D eigenvalue weighted by Crippen LogP contribution is 2.22. The second-order valence-corrected chi connectivity index (χ2v) is 5.48. The number of hydrogen-bond acceptors (Lipinski definition) is 3. The fraction of sp³-hybridized carbons (Fsp3) is 0.833. The summed E-state index contributed by atoms with van der Waals surface area (Å²) in [6.07, 6.45) is 0.779. The minimum Gasteiger partial charge on any atom is -0.281 e. The summed E-state index contributed by atoms with van der Waals surface area (Å²) in [5.41, 5.74) is 0. The highest BCUT2D eigenvalue weighted by atomic mass is 35.5. The summed E-state index contributed by atoms with van der Waals surface area (Å²) in [5, 5.41) is -0.438. The van der Waals surface area contributed by atoms with E-state index in [1.165, 1.54) is 0 Å². The van der Waals surface area contributed by atoms with Crippen LogP contribution in [0.4, 0.5) is 0 Å². The fourth-order valence-electron chi connectivity index (χ4n) is 1.26. The van der Waals surface area contributed by atoms with Crippen LogP contribution in [0.25, 0.3) is 0 Å². The van der Waals surface area contributed by atoms with Crippen molar-refractivity contribution >= 4 is 26.7 Å². The highest BCUT2D eigenvalue weighted by molar-refractivity contribution is 7.91. The standard InChI is InChI=1S/C6H9ClO3S/c7-6(8)3-5-1-2-11(9,10)4-5/h5H,1-4H2/t5-/m1/s1. The summed E-state index contributed by atoms with van der Waals surface area (Å²) >= 11 is 5.12. The second-order valence-electron chi connectivity index (χ2n) is 2.83. The van der Waals surface area contributed by atoms with Crippen molar-refractivity contribution < 1.29 is 13.2 Å². The minimum atomic E-state index is -2.85. The van der Waals surface area contributed by atoms with Crippen molar-refractivity contribution in [2.24, 2.45) is 5.92 Å². The largest absolute Gasteiger partial charge is 0.281 e. The Labute approximate surface area is 70.6 Å². The van der Waals surface area contributed by atoms with Gasteiger partial charge in [-0.15, -0.1) is 0 Å². The summed E-state index contributed by atoms with van der Waals surface area (Å²) in [7, 11) is -2.85. The number of halogens is 1. The lowest BCUT2D eigenvalue weighted by atomic mass is 10.1. The molecule has 0 unspecified atom stereocenters. The maximum atomic E-state index is 10.9. The van der Waals surface area contributed by atoms with Gasteiger partial charge in [0.1, 0.15) is 0 Å². The van der Waals surface area contributed by atoms with Crippen LogP contribution in [0.5, 0.6) is 0 Å². The fourth-order valence-corrected chi connectivity index (χ4v) is 3.34. The van der Waals surface area contributed by atoms with E-state index in [4.69, 9.17) is 11.6 Å². The molecular weight excluding hydrogens is 188 g/mol. The van der Waals surface area contributed by atoms with Crippen molar-refractivity contribution in [3.8, 4) is 0 Å². The van der Waals surface area contributed by atoms with Crippen molar-refractivity contribution in [1.82, 2.24) is 0 Å². The van der Waals surface area contributed by atoms with Crippen LogP contribution in [-0.2, 0) is 14.6 Å². The van der Waals surface area contributed by atoms with Crippen LogP contribution < -0.4 is 0 Å². The number of sulfone groups is 1. The Morgan fingerprint density at radius 2 is 2.18 bits per heavy atom. The Kier molecular flexibility index (Phi) is 2.54. The van der Waals surface area contributed by atoms with Gasteiger partial charge in [-0.3, -0.25) is 4.79 Å². The molecule has 0 N–H and O–H groups in total. The molecule has 11 heavy (non-hydrogen) atoms. The Balaban J connectivity index is 2.49. The van der Waals surface area contributed by atoms with Crippen molar-refractivity contribution in [3.05, 3.63) is 0 Å². The lowest BCUT2D eigenvalue weighted by Crippen LogP contribution is -2.07. The van der Waals surface area contributed by atoms with Crippen LogP contribution in [0.2, 0.25) is 0 Å². The molecule has 1 saturated heterocycles. The Bertz CT molecular complexity index is 257. The molecule has 0 spiro atoms. The van der Waals surface area contributed by atoms with Crippen LogP contribution in [-0.4, -0.2) is 25.2 Å². The molecule has 1 atom stereocenters. The second kappa shape index (κ2) is 3.11. The van der Waals surface area contributed by atoms with Crippen LogP contribution in [0.1, 0.15) is 12.8 Å². The predicted molar refractivity (Wildman–Crippen MR) is 42.2 cm³/mol. The molecule has 1 heterocycles. The topological polar surface area (TPSA) is 51.2 Å². The smallest absolute Gasteiger partial charge is 0.221 e. The van der Waals surface area contributed by atoms with Crippen molar-refractivity contribution in [2.45, 2.75) is 12.8 Å². The quantitative estimate of drug-likeness (QED) is 0.607. The Morgan fingerprint density at radius 1 is 1.55 bits per heavy atom. The van der Waals surface area contributed by atoms with Gasteiger partial charge in [0.25, 0.3) is 0 Å². The maximum Gasteiger partial charge on any atom is 0.221 e. The Morgan fingerprint density at radius 3 is 2.55 bits per heavy atom. The molecule has 0 radical (unpaired) electrons. The monoisotopic (exact) mass is 196 g/mol. The number of hydrogen-bond donors (Lipinski definition) is 0. The van der Waals surface area contributed by atoms with Gasteiger partial charge in [-0.2, -0.15) is 0 Å². The van der Waals surface area contributed by atoms with Gasteiger partial charge in [-0.25, -0.2) is 8.42 Å². The molecule has 0 aliphatic carbocycles. The van der Waals surface area contributed by atoms with E-state index in [1.54, 1.807) is 0 Å². The van der Waals surface area contributed by atoms with Gasteiger partial charge >= 0.3 is 0 Å². The maximum absolute atomic E-state index is 10.9. The van der Waals surface area contributed by atoms with E-state index >= 15 is 0 Å². The average molecular weight is 197 g/mol. The van der Waals surface area contributed by atoms with Crippen LogP contribution in [0.15, 0.2) is 0 Å². The first-order chi connectivity index (χ1) is 4.99. The van der Waals surface area contributed by atoms with Gasteiger partial charge in [-0.05, 0) is 23.9 Å². The Hall–Kier alpha value is -0.0900. The van der Waals surface area contributed by atoms with E-state index in [-0.39, 0.29) is 23.8 Å². The van der Waals surface area contributed by atoms with E-state index in [9.17, 15) is 13.2 Å². The van der Waals surface area contributed by atoms with Crippen LogP contribution >= 0.6 is 11.6 Å². The van der Waals surface area contributed by atoms with E-state index in [2.05, 4.69) is 0 Å². The van der Waals surface area contributed by atoms with Crippen molar-refractivity contribution in [1.29, 1.82) is 0 Å². The first kappa shape index (κ1) is 9.00. The minimum absolute atomic E-state index is 0.0370. The molecule has 0 saturated carbocycles. The number of carbonyl (C=O) groups excluding carboxylic acids is 1. The summed E-state index contributed by atoms with van der Waals surface area (Å²) in [6.45, 7) is 0. The molecule has 5 heteroatoms. The molecule has 0 aromatic rings. The molecule has 1 fully saturated rings. The first-order valence-corrected chi connectivity index (χ1v) is 5.58. The average Bonchev–Trinajstić information content (AvgIpc) is 2.08. The highest BCUT2D eigenvalue weighted by Gasteiger charge is 2.28. The predicted octanol–water partition coefficient (Wildman–Crippen LogP) is 0.577. The number of carbonyl (C=O) groups is 1. The summed E-state index contributed by atoms with van der Waals surface area (Å²) in [4.78, 5) is 10.4. The lowest BCUT2D eigenvalue weighted by Gasteiger charge is -2.00. The first-order valence-electron chi connectivity index (χ1n) is 3.38. The van der Waals surface area contributed by atoms with Crippen molar-refractivity contribution in [2.75, 3.05) is 11.5 Å². The van der Waals surface area contributed by atoms with E-state index < -0.39 is 15.1 Å². The summed E-state index contributed by atoms with van der Waals surface area (Å²) < 4.78 is 21.7. The number of rotatable bonds is 2. The molecule has 64 valence electrons. The van der Waals surface area contributed by atoms with Gasteiger partial charge in [0, 0.05) is 6.42 Å². The molecular formula is C6H9ClO3S. The molecule has 1 aliphatic heterocycles. The van der Waals surface area contributed by atoms with Gasteiger partial charge in [0.15, 0.2) is 9.84 Å². The third kappa shape index (κ3) is 2.79. The zero-order chi connectivity index (χ0) is 8.48. The normalized spacial score (nSPS) is 28.6. The molecule has 1 aliphatic rings. The van der Waals surface area contributed by atoms with Gasteiger partial charge < -0.3 is 0 Å². The van der Waals surface area contributed by atoms with Gasteiger partial charge in [0.05, 0.1) is 11.5 Å². The van der Waals surface area contributed by atoms with Crippen LogP contribution in [0, 0.1) is 5.92 Å². The molecule has 0 aromatic heterocycles. The summed E-state index contributed by atoms with van der Waals surface area (Å²) in [6, 6.07) is 0. The molecule has 3 nitrogen and oxygen atoms in total. The van der Waals surface area contributed by atoms with Gasteiger partial charge in [0.2, 0.25) is 5.24 Å². The third-order valence-corrected chi connectivity index (χ3v) is 3.77. The van der Waals surface area contributed by atoms with Crippen molar-refractivity contribution in [3.63, 3.8) is 0 Å². The van der Waals surface area contributed by atoms with E-state index in [1.807, 2.05) is 0 Å². The molecule has 1 rings (SSSR count). The molecule has 0 bridgehead atoms. The van der Waals surface area contributed by atoms with E-state index in [0.29, 0.717) is 6.42 Å². The zero-order valence-corrected chi connectivity index (χ0v) is 7.49. The van der Waals surface area contributed by atoms with E-state index in [0.717, 1.165) is 0 Å². The van der Waals surface area contributed by atoms with Crippen LogP contribution in [0.3, 0.4) is 0 Å². The molecule has 0 aromatic carbocycles. The van der Waals surface area contributed by atoms with Gasteiger partial charge in [-0.1, -0.05) is 0 Å². The lowest BCUT2D eigenvalue weighted by molar-refractivity contribution is -0.112. The third-order valence-electron chi connectivity index (χ3n) is 1.78. The molecule has 0 amide bonds. The SMILES string of the molecule is O=C(Cl)C[C@H]1CCS(=O)(=O)C1.